The minimum atomic E-state index is 0.149. The first kappa shape index (κ1) is 13.2. The highest BCUT2D eigenvalue weighted by Gasteiger charge is 2.04. The minimum Gasteiger partial charge on any atom is -0.381 e. The molecule has 1 unspecified atom stereocenters. The van der Waals surface area contributed by atoms with Crippen LogP contribution in [0.4, 0.5) is 0 Å². The first-order valence-corrected chi connectivity index (χ1v) is 6.23. The first-order chi connectivity index (χ1) is 7.84. The highest BCUT2D eigenvalue weighted by atomic mass is 16.5. The Morgan fingerprint density at radius 3 is 2.50 bits per heavy atom. The average molecular weight is 221 g/mol. The van der Waals surface area contributed by atoms with Gasteiger partial charge in [0.2, 0.25) is 0 Å². The Labute approximate surface area is 98.8 Å². The molecule has 0 bridgehead atoms. The summed E-state index contributed by atoms with van der Waals surface area (Å²) in [5.74, 6) is 0. The van der Waals surface area contributed by atoms with E-state index in [1.165, 1.54) is 12.0 Å². The van der Waals surface area contributed by atoms with Crippen LogP contribution in [0, 0.1) is 0 Å². The molecule has 2 nitrogen and oxygen atoms in total. The molecule has 2 N–H and O–H groups in total. The lowest BCUT2D eigenvalue weighted by atomic mass is 10.0. The standard InChI is InChI=1S/C14H23NO/c1-2-3-11-16-12-7-10-14(15)13-8-5-4-6-9-13/h4-6,8-9,14H,2-3,7,10-12,15H2,1H3. The Bertz CT molecular complexity index is 261. The van der Waals surface area contributed by atoms with Crippen LogP contribution in [0.5, 0.6) is 0 Å². The summed E-state index contributed by atoms with van der Waals surface area (Å²) >= 11 is 0. The lowest BCUT2D eigenvalue weighted by molar-refractivity contribution is 0.126. The van der Waals surface area contributed by atoms with Crippen molar-refractivity contribution in [2.75, 3.05) is 13.2 Å². The van der Waals surface area contributed by atoms with E-state index in [4.69, 9.17) is 10.5 Å². The lowest BCUT2D eigenvalue weighted by Crippen LogP contribution is -2.11. The van der Waals surface area contributed by atoms with Crippen LogP contribution in [0.15, 0.2) is 30.3 Å². The van der Waals surface area contributed by atoms with E-state index in [1.54, 1.807) is 0 Å². The molecule has 1 aromatic rings. The Balaban J connectivity index is 2.09. The van der Waals surface area contributed by atoms with E-state index >= 15 is 0 Å². The molecule has 0 fully saturated rings. The Kier molecular flexibility index (Phi) is 6.86. The molecule has 1 atom stereocenters. The highest BCUT2D eigenvalue weighted by molar-refractivity contribution is 5.18. The van der Waals surface area contributed by atoms with Crippen molar-refractivity contribution < 1.29 is 4.74 Å². The zero-order valence-corrected chi connectivity index (χ0v) is 10.2. The van der Waals surface area contributed by atoms with Crippen LogP contribution in [-0.2, 0) is 4.74 Å². The molecule has 16 heavy (non-hydrogen) atoms. The van der Waals surface area contributed by atoms with Crippen molar-refractivity contribution in [2.24, 2.45) is 5.73 Å². The number of unbranched alkanes of at least 4 members (excludes halogenated alkanes) is 1. The zero-order chi connectivity index (χ0) is 11.6. The number of hydrogen-bond donors (Lipinski definition) is 1. The fraction of sp³-hybridized carbons (Fsp3) is 0.571. The van der Waals surface area contributed by atoms with Crippen molar-refractivity contribution in [3.8, 4) is 0 Å². The molecule has 0 saturated heterocycles. The number of hydrogen-bond acceptors (Lipinski definition) is 2. The first-order valence-electron chi connectivity index (χ1n) is 6.23. The predicted octanol–water partition coefficient (Wildman–Crippen LogP) is 3.28. The van der Waals surface area contributed by atoms with Crippen molar-refractivity contribution in [3.05, 3.63) is 35.9 Å². The third-order valence-electron chi connectivity index (χ3n) is 2.67. The van der Waals surface area contributed by atoms with Gasteiger partial charge >= 0.3 is 0 Å². The monoisotopic (exact) mass is 221 g/mol. The van der Waals surface area contributed by atoms with Gasteiger partial charge in [-0.3, -0.25) is 0 Å². The maximum Gasteiger partial charge on any atom is 0.0466 e. The summed E-state index contributed by atoms with van der Waals surface area (Å²) in [6.45, 7) is 3.90. The third-order valence-corrected chi connectivity index (χ3v) is 2.67. The number of nitrogens with two attached hydrogens (primary N) is 1. The number of benzene rings is 1. The van der Waals surface area contributed by atoms with E-state index in [1.807, 2.05) is 18.2 Å². The quantitative estimate of drug-likeness (QED) is 0.684. The van der Waals surface area contributed by atoms with E-state index < -0.39 is 0 Å². The third kappa shape index (κ3) is 5.29. The fourth-order valence-corrected chi connectivity index (χ4v) is 1.62. The van der Waals surface area contributed by atoms with Crippen LogP contribution >= 0.6 is 0 Å². The second-order valence-corrected chi connectivity index (χ2v) is 4.13. The number of ether oxygens (including phenoxy) is 1. The molecule has 0 amide bonds. The molecule has 0 aliphatic carbocycles. The van der Waals surface area contributed by atoms with Gasteiger partial charge in [-0.1, -0.05) is 43.7 Å². The molecule has 0 spiro atoms. The van der Waals surface area contributed by atoms with Crippen LogP contribution in [0.2, 0.25) is 0 Å². The second-order valence-electron chi connectivity index (χ2n) is 4.13. The van der Waals surface area contributed by atoms with E-state index in [2.05, 4.69) is 19.1 Å². The Hall–Kier alpha value is -0.860. The summed E-state index contributed by atoms with van der Waals surface area (Å²) in [6, 6.07) is 10.4. The van der Waals surface area contributed by atoms with Crippen LogP contribution in [0.3, 0.4) is 0 Å². The summed E-state index contributed by atoms with van der Waals surface area (Å²) in [6.07, 6.45) is 4.39. The average Bonchev–Trinajstić information content (AvgIpc) is 2.34. The van der Waals surface area contributed by atoms with E-state index in [0.717, 1.165) is 32.5 Å². The Morgan fingerprint density at radius 2 is 1.81 bits per heavy atom. The molecule has 0 radical (unpaired) electrons. The predicted molar refractivity (Wildman–Crippen MR) is 68.3 cm³/mol. The van der Waals surface area contributed by atoms with Gasteiger partial charge < -0.3 is 10.5 Å². The number of rotatable bonds is 8. The normalized spacial score (nSPS) is 12.6. The van der Waals surface area contributed by atoms with Gasteiger partial charge in [-0.15, -0.1) is 0 Å². The summed E-state index contributed by atoms with van der Waals surface area (Å²) in [5.41, 5.74) is 7.30. The molecule has 0 aliphatic heterocycles. The molecular formula is C14H23NO. The molecule has 0 saturated carbocycles. The molecule has 1 aromatic carbocycles. The highest BCUT2D eigenvalue weighted by Crippen LogP contribution is 2.14. The lowest BCUT2D eigenvalue weighted by Gasteiger charge is -2.11. The van der Waals surface area contributed by atoms with E-state index in [0.29, 0.717) is 0 Å². The van der Waals surface area contributed by atoms with Gasteiger partial charge in [0.1, 0.15) is 0 Å². The minimum absolute atomic E-state index is 0.149. The molecule has 0 aromatic heterocycles. The van der Waals surface area contributed by atoms with Gasteiger partial charge in [0.05, 0.1) is 0 Å². The summed E-state index contributed by atoms with van der Waals surface area (Å²) in [5, 5.41) is 0. The van der Waals surface area contributed by atoms with Crippen LogP contribution in [0.1, 0.15) is 44.2 Å². The smallest absolute Gasteiger partial charge is 0.0466 e. The maximum absolute atomic E-state index is 6.08. The van der Waals surface area contributed by atoms with Crippen molar-refractivity contribution in [1.29, 1.82) is 0 Å². The molecule has 0 heterocycles. The summed E-state index contributed by atoms with van der Waals surface area (Å²) in [7, 11) is 0. The molecule has 90 valence electrons. The molecule has 0 aliphatic rings. The van der Waals surface area contributed by atoms with Crippen molar-refractivity contribution in [3.63, 3.8) is 0 Å². The van der Waals surface area contributed by atoms with Gasteiger partial charge in [-0.25, -0.2) is 0 Å². The second kappa shape index (κ2) is 8.31. The maximum atomic E-state index is 6.08. The SMILES string of the molecule is CCCCOCCCC(N)c1ccccc1. The largest absolute Gasteiger partial charge is 0.381 e. The van der Waals surface area contributed by atoms with Crippen molar-refractivity contribution >= 4 is 0 Å². The van der Waals surface area contributed by atoms with Gasteiger partial charge in [-0.2, -0.15) is 0 Å². The zero-order valence-electron chi connectivity index (χ0n) is 10.2. The molecular weight excluding hydrogens is 198 g/mol. The van der Waals surface area contributed by atoms with Gasteiger partial charge in [0.15, 0.2) is 0 Å². The van der Waals surface area contributed by atoms with Crippen LogP contribution < -0.4 is 5.73 Å². The van der Waals surface area contributed by atoms with E-state index in [9.17, 15) is 0 Å². The van der Waals surface area contributed by atoms with Crippen molar-refractivity contribution in [1.82, 2.24) is 0 Å². The Morgan fingerprint density at radius 1 is 1.12 bits per heavy atom. The molecule has 1 rings (SSSR count). The molecule has 2 heteroatoms. The summed E-state index contributed by atoms with van der Waals surface area (Å²) in [4.78, 5) is 0. The topological polar surface area (TPSA) is 35.2 Å². The van der Waals surface area contributed by atoms with Gasteiger partial charge in [0.25, 0.3) is 0 Å². The van der Waals surface area contributed by atoms with Crippen LogP contribution in [-0.4, -0.2) is 13.2 Å². The van der Waals surface area contributed by atoms with Gasteiger partial charge in [-0.05, 0) is 24.8 Å². The van der Waals surface area contributed by atoms with Crippen molar-refractivity contribution in [2.45, 2.75) is 38.6 Å². The summed E-state index contributed by atoms with van der Waals surface area (Å²) < 4.78 is 5.50. The fourth-order valence-electron chi connectivity index (χ4n) is 1.62. The van der Waals surface area contributed by atoms with Crippen LogP contribution in [0.25, 0.3) is 0 Å². The van der Waals surface area contributed by atoms with E-state index in [-0.39, 0.29) is 6.04 Å². The van der Waals surface area contributed by atoms with Gasteiger partial charge in [0, 0.05) is 19.3 Å².